The maximum Gasteiger partial charge on any atom is 0.148 e. The van der Waals surface area contributed by atoms with Crippen LogP contribution in [0.2, 0.25) is 5.02 Å². The van der Waals surface area contributed by atoms with Gasteiger partial charge in [-0.15, -0.1) is 0 Å². The summed E-state index contributed by atoms with van der Waals surface area (Å²) in [5.74, 6) is -0.337. The summed E-state index contributed by atoms with van der Waals surface area (Å²) in [5, 5.41) is 8.05. The van der Waals surface area contributed by atoms with Crippen LogP contribution in [0, 0.1) is 5.82 Å². The fourth-order valence-corrected chi connectivity index (χ4v) is 1.81. The summed E-state index contributed by atoms with van der Waals surface area (Å²) in [7, 11) is 0. The quantitative estimate of drug-likeness (QED) is 0.844. The van der Waals surface area contributed by atoms with E-state index in [1.165, 1.54) is 16.8 Å². The normalized spacial score (nSPS) is 10.8. The van der Waals surface area contributed by atoms with E-state index in [-0.39, 0.29) is 5.82 Å². The Morgan fingerprint density at radius 3 is 3.00 bits per heavy atom. The summed E-state index contributed by atoms with van der Waals surface area (Å²) < 4.78 is 15.1. The van der Waals surface area contributed by atoms with Crippen molar-refractivity contribution in [1.82, 2.24) is 15.1 Å². The van der Waals surface area contributed by atoms with Gasteiger partial charge in [-0.3, -0.25) is 0 Å². The zero-order valence-corrected chi connectivity index (χ0v) is 10.9. The zero-order chi connectivity index (χ0) is 13.0. The molecule has 1 aromatic carbocycles. The molecule has 2 aromatic rings. The highest BCUT2D eigenvalue weighted by atomic mass is 35.5. The van der Waals surface area contributed by atoms with Gasteiger partial charge in [0.15, 0.2) is 0 Å². The molecule has 0 aliphatic rings. The van der Waals surface area contributed by atoms with Crippen molar-refractivity contribution < 1.29 is 4.39 Å². The van der Waals surface area contributed by atoms with Crippen molar-refractivity contribution in [3.8, 4) is 5.69 Å². The third-order valence-corrected chi connectivity index (χ3v) is 2.77. The number of aromatic nitrogens is 2. The van der Waals surface area contributed by atoms with Gasteiger partial charge in [0, 0.05) is 17.8 Å². The molecule has 0 saturated heterocycles. The number of nitrogens with one attached hydrogen (secondary N) is 1. The molecule has 3 nitrogen and oxygen atoms in total. The molecule has 0 amide bonds. The summed E-state index contributed by atoms with van der Waals surface area (Å²) in [6.45, 7) is 3.73. The molecule has 5 heteroatoms. The molecule has 0 atom stereocenters. The van der Waals surface area contributed by atoms with Crippen LogP contribution in [0.15, 0.2) is 30.5 Å². The van der Waals surface area contributed by atoms with Crippen molar-refractivity contribution in [2.24, 2.45) is 0 Å². The molecule has 2 rings (SSSR count). The van der Waals surface area contributed by atoms with E-state index >= 15 is 0 Å². The Kier molecular flexibility index (Phi) is 4.33. The van der Waals surface area contributed by atoms with Gasteiger partial charge in [-0.05, 0) is 37.2 Å². The predicted octanol–water partition coefficient (Wildman–Crippen LogP) is 3.16. The highest BCUT2D eigenvalue weighted by molar-refractivity contribution is 6.30. The van der Waals surface area contributed by atoms with E-state index < -0.39 is 0 Å². The van der Waals surface area contributed by atoms with Gasteiger partial charge in [0.05, 0.1) is 5.69 Å². The standard InChI is InChI=1S/C13H15ClFN3/c1-2-6-16-9-11-5-7-18(17-11)13-8-10(14)3-4-12(13)15/h3-5,7-8,16H,2,6,9H2,1H3. The molecule has 0 spiro atoms. The number of hydrogen-bond donors (Lipinski definition) is 1. The molecule has 0 radical (unpaired) electrons. The van der Waals surface area contributed by atoms with Gasteiger partial charge in [0.1, 0.15) is 11.5 Å². The zero-order valence-electron chi connectivity index (χ0n) is 10.2. The maximum atomic E-state index is 13.6. The average Bonchev–Trinajstić information content (AvgIpc) is 2.81. The number of halogens is 2. The molecule has 96 valence electrons. The minimum absolute atomic E-state index is 0.337. The van der Waals surface area contributed by atoms with E-state index in [1.54, 1.807) is 12.3 Å². The van der Waals surface area contributed by atoms with E-state index in [0.29, 0.717) is 17.3 Å². The lowest BCUT2D eigenvalue weighted by Crippen LogP contribution is -2.14. The Hall–Kier alpha value is -1.39. The van der Waals surface area contributed by atoms with Crippen LogP contribution in [-0.4, -0.2) is 16.3 Å². The van der Waals surface area contributed by atoms with Crippen LogP contribution in [0.25, 0.3) is 5.69 Å². The minimum atomic E-state index is -0.337. The second-order valence-electron chi connectivity index (χ2n) is 4.02. The van der Waals surface area contributed by atoms with Crippen molar-refractivity contribution in [2.75, 3.05) is 6.54 Å². The van der Waals surface area contributed by atoms with Crippen LogP contribution in [0.4, 0.5) is 4.39 Å². The van der Waals surface area contributed by atoms with Crippen molar-refractivity contribution in [3.05, 3.63) is 47.0 Å². The maximum absolute atomic E-state index is 13.6. The first-order valence-electron chi connectivity index (χ1n) is 5.91. The van der Waals surface area contributed by atoms with Crippen LogP contribution < -0.4 is 5.32 Å². The van der Waals surface area contributed by atoms with Crippen LogP contribution >= 0.6 is 11.6 Å². The molecular formula is C13H15ClFN3. The molecule has 0 aliphatic carbocycles. The van der Waals surface area contributed by atoms with Crippen molar-refractivity contribution in [3.63, 3.8) is 0 Å². The van der Waals surface area contributed by atoms with Gasteiger partial charge in [0.2, 0.25) is 0 Å². The fraction of sp³-hybridized carbons (Fsp3) is 0.308. The third kappa shape index (κ3) is 3.09. The summed E-state index contributed by atoms with van der Waals surface area (Å²) in [6, 6.07) is 6.29. The molecule has 0 unspecified atom stereocenters. The first-order valence-corrected chi connectivity index (χ1v) is 6.29. The molecule has 1 heterocycles. The van der Waals surface area contributed by atoms with E-state index in [2.05, 4.69) is 17.3 Å². The minimum Gasteiger partial charge on any atom is -0.311 e. The topological polar surface area (TPSA) is 29.9 Å². The molecule has 0 saturated carbocycles. The summed E-state index contributed by atoms with van der Waals surface area (Å²) in [5.41, 5.74) is 1.24. The monoisotopic (exact) mass is 267 g/mol. The van der Waals surface area contributed by atoms with Crippen LogP contribution in [-0.2, 0) is 6.54 Å². The molecule has 1 N–H and O–H groups in total. The highest BCUT2D eigenvalue weighted by Gasteiger charge is 2.07. The molecular weight excluding hydrogens is 253 g/mol. The molecule has 0 bridgehead atoms. The van der Waals surface area contributed by atoms with Crippen molar-refractivity contribution >= 4 is 11.6 Å². The summed E-state index contributed by atoms with van der Waals surface area (Å²) in [6.07, 6.45) is 2.81. The Balaban J connectivity index is 2.16. The Morgan fingerprint density at radius 2 is 2.22 bits per heavy atom. The van der Waals surface area contributed by atoms with Crippen molar-refractivity contribution in [2.45, 2.75) is 19.9 Å². The second-order valence-corrected chi connectivity index (χ2v) is 4.46. The predicted molar refractivity (Wildman–Crippen MR) is 70.5 cm³/mol. The lowest BCUT2D eigenvalue weighted by molar-refractivity contribution is 0.606. The number of benzene rings is 1. The molecule has 18 heavy (non-hydrogen) atoms. The SMILES string of the molecule is CCCNCc1ccn(-c2cc(Cl)ccc2F)n1. The number of nitrogens with zero attached hydrogens (tertiary/aromatic N) is 2. The molecule has 1 aromatic heterocycles. The van der Waals surface area contributed by atoms with E-state index in [1.807, 2.05) is 6.07 Å². The first kappa shape index (κ1) is 13.1. The van der Waals surface area contributed by atoms with Gasteiger partial charge >= 0.3 is 0 Å². The lowest BCUT2D eigenvalue weighted by Gasteiger charge is -2.04. The van der Waals surface area contributed by atoms with E-state index in [4.69, 9.17) is 11.6 Å². The Morgan fingerprint density at radius 1 is 1.39 bits per heavy atom. The second kappa shape index (κ2) is 5.98. The van der Waals surface area contributed by atoms with E-state index in [0.717, 1.165) is 18.7 Å². The summed E-state index contributed by atoms with van der Waals surface area (Å²) in [4.78, 5) is 0. The van der Waals surface area contributed by atoms with Crippen molar-refractivity contribution in [1.29, 1.82) is 0 Å². The van der Waals surface area contributed by atoms with Gasteiger partial charge in [0.25, 0.3) is 0 Å². The lowest BCUT2D eigenvalue weighted by atomic mass is 10.3. The van der Waals surface area contributed by atoms with Crippen LogP contribution in [0.5, 0.6) is 0 Å². The van der Waals surface area contributed by atoms with Crippen LogP contribution in [0.1, 0.15) is 19.0 Å². The molecule has 0 aliphatic heterocycles. The number of hydrogen-bond acceptors (Lipinski definition) is 2. The fourth-order valence-electron chi connectivity index (χ4n) is 1.64. The molecule has 0 fully saturated rings. The average molecular weight is 268 g/mol. The number of rotatable bonds is 5. The first-order chi connectivity index (χ1) is 8.70. The van der Waals surface area contributed by atoms with Gasteiger partial charge in [-0.1, -0.05) is 18.5 Å². The summed E-state index contributed by atoms with van der Waals surface area (Å²) >= 11 is 5.86. The van der Waals surface area contributed by atoms with Crippen LogP contribution in [0.3, 0.4) is 0 Å². The van der Waals surface area contributed by atoms with Gasteiger partial charge in [-0.25, -0.2) is 9.07 Å². The van der Waals surface area contributed by atoms with Gasteiger partial charge < -0.3 is 5.32 Å². The third-order valence-electron chi connectivity index (χ3n) is 2.53. The van der Waals surface area contributed by atoms with E-state index in [9.17, 15) is 4.39 Å². The Bertz CT molecular complexity index is 525. The largest absolute Gasteiger partial charge is 0.311 e. The van der Waals surface area contributed by atoms with Gasteiger partial charge in [-0.2, -0.15) is 5.10 Å². The highest BCUT2D eigenvalue weighted by Crippen LogP contribution is 2.18. The Labute approximate surface area is 111 Å². The smallest absolute Gasteiger partial charge is 0.148 e.